The topological polar surface area (TPSA) is 56.6 Å². The van der Waals surface area contributed by atoms with Crippen molar-refractivity contribution in [2.45, 2.75) is 75.7 Å². The fourth-order valence-corrected chi connectivity index (χ4v) is 6.83. The monoisotopic (exact) mass is 465 g/mol. The molecule has 3 fully saturated rings. The van der Waals surface area contributed by atoms with E-state index in [4.69, 9.17) is 9.47 Å². The van der Waals surface area contributed by atoms with Crippen molar-refractivity contribution in [3.05, 3.63) is 51.9 Å². The Morgan fingerprint density at radius 3 is 2.67 bits per heavy atom. The molecule has 7 heteroatoms. The Labute approximate surface area is 198 Å². The van der Waals surface area contributed by atoms with Gasteiger partial charge in [0.05, 0.1) is 17.3 Å². The van der Waals surface area contributed by atoms with E-state index in [0.29, 0.717) is 18.2 Å². The van der Waals surface area contributed by atoms with Crippen LogP contribution < -0.4 is 10.3 Å². The standard InChI is InChI=1S/C26H31N3O3S/c1-28-18-4-5-19(28)14-22(13-18)32-21-8-6-17(7-9-21)29-16-27-24-15-23(33-25(24)26(29)30)11-10-20-3-2-12-31-20/h6-9,15-16,18-20,22H,2-5,10-14H2,1H3/t18-,19+,20?,22?. The molecule has 2 unspecified atom stereocenters. The minimum Gasteiger partial charge on any atom is -0.490 e. The van der Waals surface area contributed by atoms with E-state index < -0.39 is 0 Å². The van der Waals surface area contributed by atoms with Crippen molar-refractivity contribution in [2.24, 2.45) is 0 Å². The quantitative estimate of drug-likeness (QED) is 0.534. The Balaban J connectivity index is 1.16. The average molecular weight is 466 g/mol. The summed E-state index contributed by atoms with van der Waals surface area (Å²) >= 11 is 1.57. The second-order valence-electron chi connectivity index (χ2n) is 9.78. The zero-order chi connectivity index (χ0) is 22.4. The molecule has 3 saturated heterocycles. The van der Waals surface area contributed by atoms with Gasteiger partial charge in [-0.2, -0.15) is 0 Å². The molecule has 4 atom stereocenters. The molecule has 3 aliphatic heterocycles. The van der Waals surface area contributed by atoms with Gasteiger partial charge in [-0.1, -0.05) is 0 Å². The van der Waals surface area contributed by atoms with Gasteiger partial charge < -0.3 is 14.4 Å². The largest absolute Gasteiger partial charge is 0.490 e. The Morgan fingerprint density at radius 2 is 1.94 bits per heavy atom. The first-order valence-corrected chi connectivity index (χ1v) is 13.1. The molecule has 0 radical (unpaired) electrons. The van der Waals surface area contributed by atoms with Crippen LogP contribution >= 0.6 is 11.3 Å². The number of nitrogens with zero attached hydrogens (tertiary/aromatic N) is 3. The van der Waals surface area contributed by atoms with E-state index >= 15 is 0 Å². The first kappa shape index (κ1) is 21.3. The van der Waals surface area contributed by atoms with Gasteiger partial charge in [-0.3, -0.25) is 9.36 Å². The van der Waals surface area contributed by atoms with Crippen LogP contribution in [-0.4, -0.2) is 52.4 Å². The molecule has 2 bridgehead atoms. The van der Waals surface area contributed by atoms with E-state index in [1.165, 1.54) is 17.7 Å². The van der Waals surface area contributed by atoms with Crippen LogP contribution in [0.2, 0.25) is 0 Å². The number of rotatable bonds is 6. The minimum atomic E-state index is -0.00562. The second-order valence-corrected chi connectivity index (χ2v) is 10.9. The summed E-state index contributed by atoms with van der Waals surface area (Å²) in [5, 5.41) is 0. The summed E-state index contributed by atoms with van der Waals surface area (Å²) in [5.74, 6) is 0.877. The lowest BCUT2D eigenvalue weighted by Crippen LogP contribution is -2.43. The van der Waals surface area contributed by atoms with Gasteiger partial charge in [0.1, 0.15) is 22.9 Å². The second kappa shape index (κ2) is 8.85. The smallest absolute Gasteiger partial charge is 0.275 e. The van der Waals surface area contributed by atoms with Crippen LogP contribution in [0.1, 0.15) is 49.8 Å². The van der Waals surface area contributed by atoms with Gasteiger partial charge in [-0.05, 0) is 88.7 Å². The zero-order valence-electron chi connectivity index (χ0n) is 19.1. The van der Waals surface area contributed by atoms with E-state index in [0.717, 1.165) is 66.8 Å². The molecule has 6 nitrogen and oxygen atoms in total. The number of fused-ring (bicyclic) bond motifs is 3. The van der Waals surface area contributed by atoms with E-state index in [1.807, 2.05) is 24.3 Å². The first-order valence-electron chi connectivity index (χ1n) is 12.2. The molecular formula is C26H31N3O3S. The Kier molecular flexibility index (Phi) is 5.72. The molecule has 0 saturated carbocycles. The van der Waals surface area contributed by atoms with Gasteiger partial charge in [0.2, 0.25) is 0 Å². The average Bonchev–Trinajstić information content (AvgIpc) is 3.53. The fourth-order valence-electron chi connectivity index (χ4n) is 5.78. The molecule has 174 valence electrons. The van der Waals surface area contributed by atoms with E-state index in [-0.39, 0.29) is 11.7 Å². The van der Waals surface area contributed by atoms with Crippen molar-refractivity contribution in [2.75, 3.05) is 13.7 Å². The first-order chi connectivity index (χ1) is 16.1. The molecule has 0 N–H and O–H groups in total. The highest BCUT2D eigenvalue weighted by atomic mass is 32.1. The third-order valence-corrected chi connectivity index (χ3v) is 8.87. The molecule has 1 aromatic carbocycles. The summed E-state index contributed by atoms with van der Waals surface area (Å²) < 4.78 is 14.4. The lowest BCUT2D eigenvalue weighted by atomic mass is 10.0. The number of benzene rings is 1. The maximum Gasteiger partial charge on any atom is 0.275 e. The van der Waals surface area contributed by atoms with Crippen molar-refractivity contribution >= 4 is 21.6 Å². The number of aryl methyl sites for hydroxylation is 1. The van der Waals surface area contributed by atoms with Crippen LogP contribution in [-0.2, 0) is 11.2 Å². The van der Waals surface area contributed by atoms with Crippen LogP contribution in [0.25, 0.3) is 15.9 Å². The Bertz CT molecular complexity index is 1170. The molecule has 2 aromatic heterocycles. The zero-order valence-corrected chi connectivity index (χ0v) is 19.9. The minimum absolute atomic E-state index is 0.00562. The maximum atomic E-state index is 13.2. The van der Waals surface area contributed by atoms with Crippen molar-refractivity contribution in [3.63, 3.8) is 0 Å². The van der Waals surface area contributed by atoms with Crippen LogP contribution in [0.15, 0.2) is 41.5 Å². The molecule has 6 rings (SSSR count). The number of piperidine rings is 1. The van der Waals surface area contributed by atoms with Gasteiger partial charge in [0.15, 0.2) is 0 Å². The molecule has 3 aromatic rings. The highest BCUT2D eigenvalue weighted by molar-refractivity contribution is 7.18. The number of aromatic nitrogens is 2. The predicted molar refractivity (Wildman–Crippen MR) is 131 cm³/mol. The van der Waals surface area contributed by atoms with E-state index in [1.54, 1.807) is 22.2 Å². The summed E-state index contributed by atoms with van der Waals surface area (Å²) in [4.78, 5) is 21.5. The summed E-state index contributed by atoms with van der Waals surface area (Å²) in [7, 11) is 2.25. The van der Waals surface area contributed by atoms with E-state index in [2.05, 4.69) is 23.0 Å². The Hall–Kier alpha value is -2.22. The van der Waals surface area contributed by atoms with Crippen molar-refractivity contribution < 1.29 is 9.47 Å². The van der Waals surface area contributed by atoms with E-state index in [9.17, 15) is 4.79 Å². The fraction of sp³-hybridized carbons (Fsp3) is 0.538. The van der Waals surface area contributed by atoms with Gasteiger partial charge in [-0.25, -0.2) is 4.98 Å². The molecular weight excluding hydrogens is 434 g/mol. The highest BCUT2D eigenvalue weighted by Gasteiger charge is 2.39. The molecule has 0 aliphatic carbocycles. The van der Waals surface area contributed by atoms with Gasteiger partial charge in [0, 0.05) is 23.6 Å². The lowest BCUT2D eigenvalue weighted by molar-refractivity contribution is 0.0662. The maximum absolute atomic E-state index is 13.2. The summed E-state index contributed by atoms with van der Waals surface area (Å²) in [6.07, 6.45) is 11.3. The van der Waals surface area contributed by atoms with Crippen molar-refractivity contribution in [3.8, 4) is 11.4 Å². The van der Waals surface area contributed by atoms with Gasteiger partial charge in [-0.15, -0.1) is 11.3 Å². The van der Waals surface area contributed by atoms with Crippen molar-refractivity contribution in [1.82, 2.24) is 14.5 Å². The molecule has 5 heterocycles. The molecule has 3 aliphatic rings. The van der Waals surface area contributed by atoms with Crippen LogP contribution in [0.4, 0.5) is 0 Å². The van der Waals surface area contributed by atoms with Gasteiger partial charge in [0.25, 0.3) is 5.56 Å². The Morgan fingerprint density at radius 1 is 1.15 bits per heavy atom. The summed E-state index contributed by atoms with van der Waals surface area (Å²) in [5.41, 5.74) is 1.61. The highest BCUT2D eigenvalue weighted by Crippen LogP contribution is 2.36. The molecule has 0 amide bonds. The molecule has 33 heavy (non-hydrogen) atoms. The predicted octanol–water partition coefficient (Wildman–Crippen LogP) is 4.56. The van der Waals surface area contributed by atoms with Crippen molar-refractivity contribution in [1.29, 1.82) is 0 Å². The molecule has 0 spiro atoms. The summed E-state index contributed by atoms with van der Waals surface area (Å²) in [6, 6.07) is 11.3. The van der Waals surface area contributed by atoms with Crippen LogP contribution in [0.5, 0.6) is 5.75 Å². The summed E-state index contributed by atoms with van der Waals surface area (Å²) in [6.45, 7) is 0.881. The van der Waals surface area contributed by atoms with Crippen LogP contribution in [0, 0.1) is 0 Å². The number of thiophene rings is 1. The van der Waals surface area contributed by atoms with Gasteiger partial charge >= 0.3 is 0 Å². The third-order valence-electron chi connectivity index (χ3n) is 7.70. The lowest BCUT2D eigenvalue weighted by Gasteiger charge is -2.36. The SMILES string of the molecule is CN1[C@@H]2CC[C@H]1CC(Oc1ccc(-n3cnc4cc(CCC5CCCO5)sc4c3=O)cc1)C2. The van der Waals surface area contributed by atoms with Crippen LogP contribution in [0.3, 0.4) is 0 Å². The normalized spacial score (nSPS) is 27.4. The number of hydrogen-bond acceptors (Lipinski definition) is 6. The number of ether oxygens (including phenoxy) is 2. The third kappa shape index (κ3) is 4.22. The number of hydrogen-bond donors (Lipinski definition) is 0.